The van der Waals surface area contributed by atoms with Gasteiger partial charge in [-0.05, 0) is 51.0 Å². The van der Waals surface area contributed by atoms with Crippen molar-refractivity contribution in [3.63, 3.8) is 0 Å². The SMILES string of the molecule is COCCNc1nc(Cl)c(-c2nc3ccccc3s2)c(N[C@@H]2C[C@H](CO)[C@H]3OC(C)(C)O[C@H]32)n1.COCCNc1nc(N)c(-c2nc3ccccc3s2)c(N[C@@H]2C[C@H](CO)[C@@H](O)[C@H]2O)n1. The molecule has 348 valence electrons. The third kappa shape index (κ3) is 10.3. The van der Waals surface area contributed by atoms with Crippen molar-refractivity contribution >= 4 is 84.1 Å². The van der Waals surface area contributed by atoms with Crippen LogP contribution in [0.5, 0.6) is 0 Å². The van der Waals surface area contributed by atoms with Crippen LogP contribution in [0.2, 0.25) is 5.15 Å². The van der Waals surface area contributed by atoms with Crippen molar-refractivity contribution < 1.29 is 39.4 Å². The van der Waals surface area contributed by atoms with Gasteiger partial charge in [0.2, 0.25) is 11.9 Å². The van der Waals surface area contributed by atoms with Gasteiger partial charge in [-0.2, -0.15) is 15.0 Å². The Balaban J connectivity index is 0.000000178. The van der Waals surface area contributed by atoms with Crippen molar-refractivity contribution in [1.82, 2.24) is 29.9 Å². The average molecular weight is 953 g/mol. The second-order valence-corrected chi connectivity index (χ2v) is 18.9. The minimum absolute atomic E-state index is 0.0257. The van der Waals surface area contributed by atoms with E-state index in [-0.39, 0.29) is 43.2 Å². The quantitative estimate of drug-likeness (QED) is 0.0471. The first-order valence-corrected chi connectivity index (χ1v) is 23.3. The van der Waals surface area contributed by atoms with Crippen LogP contribution in [0, 0.1) is 11.8 Å². The van der Waals surface area contributed by atoms with Crippen molar-refractivity contribution in [1.29, 1.82) is 0 Å². The van der Waals surface area contributed by atoms with Crippen molar-refractivity contribution in [2.24, 2.45) is 11.8 Å². The third-order valence-electron chi connectivity index (χ3n) is 11.5. The zero-order chi connectivity index (χ0) is 45.8. The molecule has 6 aromatic rings. The lowest BCUT2D eigenvalue weighted by Crippen LogP contribution is -2.35. The van der Waals surface area contributed by atoms with Gasteiger partial charge >= 0.3 is 0 Å². The van der Waals surface area contributed by atoms with E-state index in [4.69, 9.17) is 46.3 Å². The summed E-state index contributed by atoms with van der Waals surface area (Å²) < 4.78 is 24.5. The Labute approximate surface area is 388 Å². The number of nitrogens with two attached hydrogens (primary N) is 1. The molecule has 3 fully saturated rings. The summed E-state index contributed by atoms with van der Waals surface area (Å²) in [4.78, 5) is 27.6. The number of benzene rings is 2. The number of hydrogen-bond donors (Lipinski definition) is 9. The molecule has 65 heavy (non-hydrogen) atoms. The Bertz CT molecular complexity index is 2500. The van der Waals surface area contributed by atoms with Gasteiger partial charge in [-0.1, -0.05) is 35.9 Å². The van der Waals surface area contributed by atoms with Crippen LogP contribution in [0.1, 0.15) is 26.7 Å². The van der Waals surface area contributed by atoms with Gasteiger partial charge in [-0.15, -0.1) is 22.7 Å². The molecule has 5 heterocycles. The molecule has 2 aromatic carbocycles. The van der Waals surface area contributed by atoms with Gasteiger partial charge in [0.05, 0.1) is 69.1 Å². The van der Waals surface area contributed by atoms with Crippen LogP contribution >= 0.6 is 34.3 Å². The van der Waals surface area contributed by atoms with Crippen molar-refractivity contribution in [3.8, 4) is 21.1 Å². The average Bonchev–Trinajstić information content (AvgIpc) is 4.10. The van der Waals surface area contributed by atoms with E-state index < -0.39 is 30.0 Å². The molecule has 4 aromatic heterocycles. The molecule has 10 N–H and O–H groups in total. The number of aromatic nitrogens is 6. The van der Waals surface area contributed by atoms with Crippen LogP contribution in [0.4, 0.5) is 29.4 Å². The van der Waals surface area contributed by atoms with Crippen molar-refractivity contribution in [2.75, 3.05) is 80.7 Å². The number of nitrogen functional groups attached to an aromatic ring is 1. The predicted octanol–water partition coefficient (Wildman–Crippen LogP) is 4.69. The molecule has 8 atom stereocenters. The van der Waals surface area contributed by atoms with Gasteiger partial charge in [0, 0.05) is 52.4 Å². The highest BCUT2D eigenvalue weighted by Gasteiger charge is 2.54. The molecule has 0 bridgehead atoms. The molecule has 0 unspecified atom stereocenters. The number of halogens is 1. The maximum atomic E-state index is 10.5. The number of nitrogens with one attached hydrogen (secondary N) is 4. The highest BCUT2D eigenvalue weighted by atomic mass is 35.5. The molecule has 0 amide bonds. The number of aliphatic hydroxyl groups excluding tert-OH is 4. The second kappa shape index (κ2) is 20.5. The summed E-state index contributed by atoms with van der Waals surface area (Å²) in [6.45, 7) is 5.61. The molecule has 9 rings (SSSR count). The summed E-state index contributed by atoms with van der Waals surface area (Å²) in [6, 6.07) is 15.0. The lowest BCUT2D eigenvalue weighted by Gasteiger charge is -2.24. The largest absolute Gasteiger partial charge is 0.396 e. The summed E-state index contributed by atoms with van der Waals surface area (Å²) in [5.41, 5.74) is 9.23. The van der Waals surface area contributed by atoms with Gasteiger partial charge in [-0.3, -0.25) is 0 Å². The monoisotopic (exact) mass is 951 g/mol. The highest BCUT2D eigenvalue weighted by Crippen LogP contribution is 2.45. The van der Waals surface area contributed by atoms with Crippen molar-refractivity contribution in [3.05, 3.63) is 53.7 Å². The fraction of sp³-hybridized carbons (Fsp3) is 0.488. The van der Waals surface area contributed by atoms with Gasteiger partial charge in [0.25, 0.3) is 0 Å². The van der Waals surface area contributed by atoms with E-state index in [1.807, 2.05) is 62.4 Å². The first-order valence-electron chi connectivity index (χ1n) is 21.3. The Morgan fingerprint density at radius 1 is 0.708 bits per heavy atom. The first-order chi connectivity index (χ1) is 31.4. The fourth-order valence-electron chi connectivity index (χ4n) is 8.37. The molecule has 19 nitrogen and oxygen atoms in total. The first kappa shape index (κ1) is 46.9. The molecule has 22 heteroatoms. The predicted molar refractivity (Wildman–Crippen MR) is 252 cm³/mol. The van der Waals surface area contributed by atoms with E-state index in [0.29, 0.717) is 84.0 Å². The minimum atomic E-state index is -1.05. The molecule has 0 spiro atoms. The smallest absolute Gasteiger partial charge is 0.226 e. The number of fused-ring (bicyclic) bond motifs is 3. The number of hydrogen-bond acceptors (Lipinski definition) is 21. The lowest BCUT2D eigenvalue weighted by molar-refractivity contribution is -0.158. The normalized spacial score (nSPS) is 24.5. The maximum absolute atomic E-state index is 10.5. The fourth-order valence-corrected chi connectivity index (χ4v) is 10.7. The molecule has 3 aliphatic rings. The third-order valence-corrected chi connectivity index (χ3v) is 13.9. The zero-order valence-corrected chi connectivity index (χ0v) is 38.7. The van der Waals surface area contributed by atoms with E-state index >= 15 is 0 Å². The van der Waals surface area contributed by atoms with Gasteiger partial charge in [-0.25, -0.2) is 15.0 Å². The topological polar surface area (TPSA) is 269 Å². The summed E-state index contributed by atoms with van der Waals surface area (Å²) in [7, 11) is 3.24. The Kier molecular flexibility index (Phi) is 14.8. The number of thiazole rings is 2. The van der Waals surface area contributed by atoms with E-state index in [0.717, 1.165) is 25.4 Å². The molecule has 1 aliphatic heterocycles. The number of anilines is 5. The Morgan fingerprint density at radius 2 is 1.23 bits per heavy atom. The van der Waals surface area contributed by atoms with Crippen LogP contribution < -0.4 is 27.0 Å². The second-order valence-electron chi connectivity index (χ2n) is 16.4. The summed E-state index contributed by atoms with van der Waals surface area (Å²) in [5, 5.41) is 54.7. The van der Waals surface area contributed by atoms with Crippen LogP contribution in [0.25, 0.3) is 41.6 Å². The van der Waals surface area contributed by atoms with Gasteiger partial charge < -0.3 is 66.4 Å². The molecular weight excluding hydrogens is 898 g/mol. The lowest BCUT2D eigenvalue weighted by atomic mass is 10.1. The van der Waals surface area contributed by atoms with E-state index in [2.05, 4.69) is 41.2 Å². The summed E-state index contributed by atoms with van der Waals surface area (Å²) >= 11 is 9.72. The van der Waals surface area contributed by atoms with Gasteiger partial charge in [0.15, 0.2) is 5.79 Å². The molecular formula is C43H54ClN11O8S2. The molecule has 0 radical (unpaired) electrons. The van der Waals surface area contributed by atoms with E-state index in [1.165, 1.54) is 22.7 Å². The summed E-state index contributed by atoms with van der Waals surface area (Å²) in [5.74, 6) is 0.748. The number of aliphatic hydroxyl groups is 4. The maximum Gasteiger partial charge on any atom is 0.226 e. The standard InChI is InChI=1S/C23H28ClN5O4S.C20H26N6O4S/c1-23(2)32-17-12(11-30)10-14(18(17)33-23)26-20-16(19(24)28-22(29-20)25-8-9-31-3)21-27-13-6-4-5-7-15(13)34-21;1-30-7-6-22-20-25-17(21)14(19-24-11-4-2-3-5-13(11)31-19)18(26-20)23-12-8-10(9-27)15(28)16(12)29/h4-7,12,14,17-18,30H,8-11H2,1-3H3,(H2,25,26,28,29);2-5,10,12,15-16,27-29H,6-9H2,1H3,(H4,21,22,23,25,26)/t12-,14-,17-,18+;10-,12-,15-,16+/m11/s1. The minimum Gasteiger partial charge on any atom is -0.396 e. The van der Waals surface area contributed by atoms with Crippen LogP contribution in [0.15, 0.2) is 48.5 Å². The van der Waals surface area contributed by atoms with Crippen molar-refractivity contribution in [2.45, 2.75) is 69.0 Å². The van der Waals surface area contributed by atoms with Crippen LogP contribution in [0.3, 0.4) is 0 Å². The molecule has 2 aliphatic carbocycles. The Hall–Kier alpha value is -4.65. The highest BCUT2D eigenvalue weighted by molar-refractivity contribution is 7.22. The van der Waals surface area contributed by atoms with Crippen LogP contribution in [-0.2, 0) is 18.9 Å². The molecule has 2 saturated carbocycles. The van der Waals surface area contributed by atoms with Gasteiger partial charge in [0.1, 0.15) is 44.8 Å². The number of para-hydroxylation sites is 2. The number of ether oxygens (including phenoxy) is 4. The number of methoxy groups -OCH3 is 2. The molecule has 1 saturated heterocycles. The van der Waals surface area contributed by atoms with E-state index in [9.17, 15) is 20.4 Å². The zero-order valence-electron chi connectivity index (χ0n) is 36.3. The summed E-state index contributed by atoms with van der Waals surface area (Å²) in [6.07, 6.45) is -1.44. The number of rotatable bonds is 16. The van der Waals surface area contributed by atoms with E-state index in [1.54, 1.807) is 14.2 Å². The Morgan fingerprint density at radius 3 is 1.80 bits per heavy atom. The van der Waals surface area contributed by atoms with Crippen LogP contribution in [-0.4, -0.2) is 146 Å². The number of nitrogens with zero attached hydrogens (tertiary/aromatic N) is 6.